The third kappa shape index (κ3) is 22.5. The maximum absolute atomic E-state index is 7.00. The average Bonchev–Trinajstić information content (AvgIpc) is 1.96. The Morgan fingerprint density at radius 2 is 1.17 bits per heavy atom. The topological polar surface area (TPSA) is 20.2 Å². The van der Waals surface area contributed by atoms with Crippen LogP contribution in [0.15, 0.2) is 30.3 Å². The quantitative estimate of drug-likeness (QED) is 0.702. The Labute approximate surface area is 89.0 Å². The molecule has 0 aliphatic carbocycles. The largest absolute Gasteiger partial charge is 0.400 e. The van der Waals surface area contributed by atoms with Crippen LogP contribution in [0.25, 0.3) is 0 Å². The maximum atomic E-state index is 7.00. The van der Waals surface area contributed by atoms with E-state index in [1.54, 1.807) is 0 Å². The van der Waals surface area contributed by atoms with Crippen molar-refractivity contribution in [1.82, 2.24) is 0 Å². The SMILES string of the molecule is CO.F.F.F.[Zr].[c-]1ccccc1. The van der Waals surface area contributed by atoms with Crippen LogP contribution in [0, 0.1) is 6.07 Å². The van der Waals surface area contributed by atoms with E-state index in [0.717, 1.165) is 7.11 Å². The molecule has 5 heteroatoms. The number of halogens is 3. The maximum Gasteiger partial charge on any atom is 0.0319 e. The first-order valence-electron chi connectivity index (χ1n) is 2.36. The smallest absolute Gasteiger partial charge is 0.0319 e. The van der Waals surface area contributed by atoms with Crippen LogP contribution in [0.5, 0.6) is 0 Å². The third-order valence-corrected chi connectivity index (χ3v) is 0.607. The van der Waals surface area contributed by atoms with Gasteiger partial charge in [0.05, 0.1) is 0 Å². The Balaban J connectivity index is -0.0000000257. The molecule has 0 saturated heterocycles. The van der Waals surface area contributed by atoms with Gasteiger partial charge < -0.3 is 5.11 Å². The van der Waals surface area contributed by atoms with Crippen LogP contribution in [0.2, 0.25) is 0 Å². The van der Waals surface area contributed by atoms with E-state index in [9.17, 15) is 0 Å². The third-order valence-electron chi connectivity index (χ3n) is 0.607. The minimum atomic E-state index is 0. The average molecular weight is 260 g/mol. The summed E-state index contributed by atoms with van der Waals surface area (Å²) in [7, 11) is 1.00. The van der Waals surface area contributed by atoms with Crippen LogP contribution in [0.3, 0.4) is 0 Å². The van der Waals surface area contributed by atoms with Crippen molar-refractivity contribution in [2.45, 2.75) is 0 Å². The Hall–Kier alpha value is -0.147. The van der Waals surface area contributed by atoms with Crippen molar-refractivity contribution in [2.75, 3.05) is 7.11 Å². The second-order valence-corrected chi connectivity index (χ2v) is 1.08. The first-order chi connectivity index (χ1) is 4.00. The summed E-state index contributed by atoms with van der Waals surface area (Å²) in [5, 5.41) is 7.00. The minimum Gasteiger partial charge on any atom is -0.400 e. The minimum absolute atomic E-state index is 0. The van der Waals surface area contributed by atoms with Gasteiger partial charge in [-0.15, -0.1) is 0 Å². The fourth-order valence-corrected chi connectivity index (χ4v) is 0.342. The molecule has 1 rings (SSSR count). The Kier molecular flexibility index (Phi) is 76.2. The van der Waals surface area contributed by atoms with E-state index in [2.05, 4.69) is 6.07 Å². The fourth-order valence-electron chi connectivity index (χ4n) is 0.342. The molecule has 0 radical (unpaired) electrons. The Morgan fingerprint density at radius 1 is 0.833 bits per heavy atom. The molecule has 1 N–H and O–H groups in total. The number of benzene rings is 1. The van der Waals surface area contributed by atoms with Crippen LogP contribution in [-0.2, 0) is 26.2 Å². The summed E-state index contributed by atoms with van der Waals surface area (Å²) in [4.78, 5) is 0. The van der Waals surface area contributed by atoms with E-state index in [0.29, 0.717) is 0 Å². The molecular formula is C7H12F3OZr-. The summed E-state index contributed by atoms with van der Waals surface area (Å²) in [6, 6.07) is 12.5. The molecule has 0 bridgehead atoms. The van der Waals surface area contributed by atoms with E-state index in [1.165, 1.54) is 0 Å². The van der Waals surface area contributed by atoms with Crippen LogP contribution in [0.1, 0.15) is 0 Å². The van der Waals surface area contributed by atoms with E-state index in [-0.39, 0.29) is 40.3 Å². The molecule has 12 heavy (non-hydrogen) atoms. The predicted octanol–water partition coefficient (Wildman–Crippen LogP) is 1.55. The Bertz CT molecular complexity index is 90.6. The molecular weight excluding hydrogens is 248 g/mol. The van der Waals surface area contributed by atoms with Gasteiger partial charge in [0.1, 0.15) is 0 Å². The number of aliphatic hydroxyl groups excluding tert-OH is 1. The van der Waals surface area contributed by atoms with Crippen molar-refractivity contribution in [2.24, 2.45) is 0 Å². The first-order valence-corrected chi connectivity index (χ1v) is 2.36. The van der Waals surface area contributed by atoms with Crippen LogP contribution < -0.4 is 0 Å². The molecule has 1 nitrogen and oxygen atoms in total. The molecule has 0 aromatic heterocycles. The van der Waals surface area contributed by atoms with Gasteiger partial charge in [-0.1, -0.05) is 0 Å². The fraction of sp³-hybridized carbons (Fsp3) is 0.143. The van der Waals surface area contributed by atoms with Gasteiger partial charge in [-0.05, 0) is 0 Å². The molecule has 0 spiro atoms. The molecule has 0 fully saturated rings. The van der Waals surface area contributed by atoms with Crippen molar-refractivity contribution in [3.8, 4) is 0 Å². The molecule has 0 unspecified atom stereocenters. The summed E-state index contributed by atoms with van der Waals surface area (Å²) >= 11 is 0. The van der Waals surface area contributed by atoms with Crippen molar-refractivity contribution in [3.05, 3.63) is 36.4 Å². The molecule has 0 atom stereocenters. The normalized spacial score (nSPS) is 4.50. The molecule has 1 aromatic rings. The monoisotopic (exact) mass is 259 g/mol. The molecule has 1 aromatic carbocycles. The molecule has 0 heterocycles. The van der Waals surface area contributed by atoms with Gasteiger partial charge in [0.25, 0.3) is 0 Å². The summed E-state index contributed by atoms with van der Waals surface area (Å²) in [6.45, 7) is 0. The van der Waals surface area contributed by atoms with Gasteiger partial charge in [-0.25, -0.2) is 0 Å². The number of hydrogen-bond donors (Lipinski definition) is 1. The van der Waals surface area contributed by atoms with E-state index < -0.39 is 0 Å². The van der Waals surface area contributed by atoms with E-state index in [4.69, 9.17) is 5.11 Å². The van der Waals surface area contributed by atoms with Crippen molar-refractivity contribution < 1.29 is 45.4 Å². The van der Waals surface area contributed by atoms with Crippen LogP contribution in [0.4, 0.5) is 14.1 Å². The van der Waals surface area contributed by atoms with Gasteiger partial charge in [-0.2, -0.15) is 36.4 Å². The summed E-state index contributed by atoms with van der Waals surface area (Å²) in [6.07, 6.45) is 0. The summed E-state index contributed by atoms with van der Waals surface area (Å²) in [5.41, 5.74) is 0. The zero-order valence-corrected chi connectivity index (χ0v) is 9.02. The van der Waals surface area contributed by atoms with Crippen LogP contribution >= 0.6 is 0 Å². The second kappa shape index (κ2) is 30.8. The molecule has 0 aliphatic heterocycles. The van der Waals surface area contributed by atoms with Crippen LogP contribution in [-0.4, -0.2) is 12.2 Å². The standard InChI is InChI=1S/C6H5.CH4O.3FH.Zr/c1-2-4-6-5-3-1;1-2;;;;/h1-5H;2H,1H3;3*1H;/q-1;;;;;. The number of hydrogen-bond acceptors (Lipinski definition) is 1. The molecule has 0 saturated carbocycles. The molecule has 0 amide bonds. The number of aliphatic hydroxyl groups is 1. The van der Waals surface area contributed by atoms with E-state index in [1.807, 2.05) is 30.3 Å². The molecule has 72 valence electrons. The summed E-state index contributed by atoms with van der Waals surface area (Å²) < 4.78 is 0. The van der Waals surface area contributed by atoms with Gasteiger partial charge in [0.15, 0.2) is 0 Å². The zero-order valence-electron chi connectivity index (χ0n) is 6.56. The zero-order chi connectivity index (χ0) is 6.24. The first kappa shape index (κ1) is 29.7. The van der Waals surface area contributed by atoms with Gasteiger partial charge >= 0.3 is 0 Å². The molecule has 0 aliphatic rings. The van der Waals surface area contributed by atoms with Gasteiger partial charge in [0, 0.05) is 33.3 Å². The van der Waals surface area contributed by atoms with Gasteiger partial charge in [0.2, 0.25) is 0 Å². The van der Waals surface area contributed by atoms with Crippen molar-refractivity contribution in [3.63, 3.8) is 0 Å². The summed E-state index contributed by atoms with van der Waals surface area (Å²) in [5.74, 6) is 0. The van der Waals surface area contributed by atoms with E-state index >= 15 is 0 Å². The van der Waals surface area contributed by atoms with Crippen molar-refractivity contribution in [1.29, 1.82) is 0 Å². The van der Waals surface area contributed by atoms with Crippen molar-refractivity contribution >= 4 is 0 Å². The predicted molar refractivity (Wildman–Crippen MR) is 40.9 cm³/mol. The number of rotatable bonds is 0. The Morgan fingerprint density at radius 3 is 1.25 bits per heavy atom. The van der Waals surface area contributed by atoms with Gasteiger partial charge in [-0.3, -0.25) is 14.1 Å². The second-order valence-electron chi connectivity index (χ2n) is 1.08.